The normalized spacial score (nSPS) is 16.5. The second kappa shape index (κ2) is 34.5. The third-order valence-electron chi connectivity index (χ3n) is 13.3. The maximum Gasteiger partial charge on any atom is 0.314 e. The molecular formula is C54H76Cl6N8O12S2. The number of likely N-dealkylation sites (N-methyl/N-ethyl adjacent to an activating group) is 2. The van der Waals surface area contributed by atoms with Crippen LogP contribution in [0.4, 0.5) is 9.59 Å². The van der Waals surface area contributed by atoms with E-state index in [0.29, 0.717) is 81.5 Å². The molecule has 0 bridgehead atoms. The molecule has 4 atom stereocenters. The minimum Gasteiger partial charge on any atom is -0.484 e. The average Bonchev–Trinajstić information content (AvgIpc) is 3.95. The van der Waals surface area contributed by atoms with Gasteiger partial charge in [-0.1, -0.05) is 46.4 Å². The number of nitrogens with zero attached hydrogens (tertiary/aromatic N) is 2. The molecule has 2 aliphatic rings. The Labute approximate surface area is 514 Å². The summed E-state index contributed by atoms with van der Waals surface area (Å²) in [5.74, 6) is 1.12. The van der Waals surface area contributed by atoms with Crippen molar-refractivity contribution in [1.82, 2.24) is 40.5 Å². The molecule has 28 heteroatoms. The second-order valence-corrected chi connectivity index (χ2v) is 24.9. The molecule has 0 unspecified atom stereocenters. The molecule has 0 radical (unpaired) electrons. The van der Waals surface area contributed by atoms with Gasteiger partial charge in [0.15, 0.2) is 0 Å². The summed E-state index contributed by atoms with van der Waals surface area (Å²) in [6.45, 7) is 6.89. The summed E-state index contributed by atoms with van der Waals surface area (Å²) in [5.41, 5.74) is 5.14. The lowest BCUT2D eigenvalue weighted by Gasteiger charge is -2.28. The van der Waals surface area contributed by atoms with Crippen molar-refractivity contribution in [2.75, 3.05) is 120 Å². The second-order valence-electron chi connectivity index (χ2n) is 19.6. The maximum absolute atomic E-state index is 13.0. The van der Waals surface area contributed by atoms with E-state index in [4.69, 9.17) is 74.8 Å². The number of fused-ring (bicyclic) bond motifs is 2. The average molecular weight is 1310 g/mol. The zero-order valence-corrected chi connectivity index (χ0v) is 53.0. The number of hydrogen-bond donors (Lipinski definition) is 6. The predicted molar refractivity (Wildman–Crippen MR) is 325 cm³/mol. The Kier molecular flexibility index (Phi) is 29.8. The van der Waals surface area contributed by atoms with Crippen LogP contribution in [0.25, 0.3) is 0 Å². The van der Waals surface area contributed by atoms with Crippen LogP contribution in [0.15, 0.2) is 70.5 Å². The summed E-state index contributed by atoms with van der Waals surface area (Å²) in [7, 11) is 0.286. The summed E-state index contributed by atoms with van der Waals surface area (Å²) in [5, 5.41) is 13.2. The predicted octanol–water partition coefficient (Wildman–Crippen LogP) is 7.68. The number of benzene rings is 4. The van der Waals surface area contributed by atoms with E-state index >= 15 is 0 Å². The fourth-order valence-electron chi connectivity index (χ4n) is 9.10. The highest BCUT2D eigenvalue weighted by molar-refractivity contribution is 7.89. The first-order chi connectivity index (χ1) is 38.1. The van der Waals surface area contributed by atoms with Gasteiger partial charge in [0.05, 0.1) is 74.7 Å². The summed E-state index contributed by atoms with van der Waals surface area (Å²) < 4.78 is 92.3. The number of unbranched alkanes of at least 4 members (excludes halogenated alkanes) is 1. The Hall–Kier alpha value is -3.66. The highest BCUT2D eigenvalue weighted by Gasteiger charge is 2.39. The monoisotopic (exact) mass is 1300 g/mol. The third-order valence-corrected chi connectivity index (χ3v) is 17.4. The molecule has 6 rings (SSSR count). The Morgan fingerprint density at radius 2 is 0.841 bits per heavy atom. The van der Waals surface area contributed by atoms with Crippen molar-refractivity contribution in [3.63, 3.8) is 0 Å². The number of amides is 4. The number of carbonyl (C=O) groups is 2. The van der Waals surface area contributed by atoms with Crippen molar-refractivity contribution in [1.29, 1.82) is 0 Å². The Bertz CT molecular complexity index is 2760. The van der Waals surface area contributed by atoms with Gasteiger partial charge in [-0.25, -0.2) is 35.9 Å². The van der Waals surface area contributed by atoms with Crippen molar-refractivity contribution < 1.29 is 54.8 Å². The number of urea groups is 2. The van der Waals surface area contributed by atoms with Gasteiger partial charge < -0.3 is 59.5 Å². The van der Waals surface area contributed by atoms with Gasteiger partial charge in [0, 0.05) is 70.5 Å². The van der Waals surface area contributed by atoms with E-state index in [0.717, 1.165) is 22.3 Å². The molecule has 0 heterocycles. The molecule has 2 aliphatic carbocycles. The van der Waals surface area contributed by atoms with Crippen LogP contribution in [-0.2, 0) is 51.8 Å². The quantitative estimate of drug-likeness (QED) is 0.0251. The fourth-order valence-corrected chi connectivity index (χ4v) is 12.5. The van der Waals surface area contributed by atoms with Crippen LogP contribution in [0, 0.1) is 13.8 Å². The van der Waals surface area contributed by atoms with Crippen molar-refractivity contribution in [2.45, 2.75) is 73.6 Å². The standard InChI is InChI=1S/C54H74Cl4N8O12S2.2ClH/c1-35-27-39(9-11-49(35)77-51-43-29-37(55)31-45(57)41(43)33-47(51)65(3)4)79(69,70)63-17-21-75-25-23-73-19-15-61-53(67)59-13-7-8-14-60-54(68)62-16-20-74-24-26-76-22-18-64-80(71,72)40-10-12-50(36(2)28-40)78-52-44-30-38(56)32-46(58)42(44)34-48(52)66(5)6;;/h9-12,27-32,47-48,51-52,63-64H,7-8,13-26,33-34H2,1-6H3,(H2,59,61,67)(H2,60,62,68);2*1H/t47-,48-,51-,52-;;/m0../s1. The fraction of sp³-hybridized carbons (Fsp3) is 0.519. The first kappa shape index (κ1) is 70.8. The lowest BCUT2D eigenvalue weighted by atomic mass is 10.1. The van der Waals surface area contributed by atoms with Gasteiger partial charge in [0.2, 0.25) is 20.0 Å². The van der Waals surface area contributed by atoms with E-state index in [1.54, 1.807) is 50.2 Å². The van der Waals surface area contributed by atoms with Crippen molar-refractivity contribution in [2.24, 2.45) is 0 Å². The van der Waals surface area contributed by atoms with Gasteiger partial charge in [0.25, 0.3) is 0 Å². The van der Waals surface area contributed by atoms with Crippen LogP contribution in [0.1, 0.15) is 58.4 Å². The highest BCUT2D eigenvalue weighted by atomic mass is 35.5. The van der Waals surface area contributed by atoms with Gasteiger partial charge >= 0.3 is 12.1 Å². The Balaban J connectivity index is 0.00000722. The zero-order chi connectivity index (χ0) is 58.0. The highest BCUT2D eigenvalue weighted by Crippen LogP contribution is 2.44. The summed E-state index contributed by atoms with van der Waals surface area (Å²) in [6.07, 6.45) is 2.00. The molecule has 0 saturated heterocycles. The van der Waals surface area contributed by atoms with E-state index in [1.165, 1.54) is 12.1 Å². The summed E-state index contributed by atoms with van der Waals surface area (Å²) >= 11 is 25.7. The Morgan fingerprint density at radius 3 is 1.18 bits per heavy atom. The number of carbonyl (C=O) groups excluding carboxylic acids is 2. The molecule has 4 aromatic rings. The molecule has 458 valence electrons. The van der Waals surface area contributed by atoms with E-state index in [-0.39, 0.29) is 150 Å². The largest absolute Gasteiger partial charge is 0.484 e. The molecule has 82 heavy (non-hydrogen) atoms. The summed E-state index contributed by atoms with van der Waals surface area (Å²) in [6, 6.07) is 16.0. The maximum atomic E-state index is 13.0. The molecular weight excluding hydrogens is 1230 g/mol. The molecule has 0 fully saturated rings. The van der Waals surface area contributed by atoms with E-state index in [1.807, 2.05) is 40.3 Å². The number of rotatable bonds is 33. The van der Waals surface area contributed by atoms with Gasteiger partial charge in [-0.05, 0) is 151 Å². The number of aryl methyl sites for hydroxylation is 2. The topological polar surface area (TPSA) is 236 Å². The molecule has 6 N–H and O–H groups in total. The van der Waals surface area contributed by atoms with Crippen LogP contribution >= 0.6 is 71.2 Å². The van der Waals surface area contributed by atoms with Gasteiger partial charge in [0.1, 0.15) is 23.7 Å². The molecule has 0 saturated carbocycles. The van der Waals surface area contributed by atoms with Crippen molar-refractivity contribution >= 4 is 103 Å². The number of ether oxygens (including phenoxy) is 6. The number of sulfonamides is 2. The molecule has 4 aromatic carbocycles. The Morgan fingerprint density at radius 1 is 0.500 bits per heavy atom. The zero-order valence-electron chi connectivity index (χ0n) is 46.7. The van der Waals surface area contributed by atoms with Crippen LogP contribution in [-0.4, -0.2) is 171 Å². The van der Waals surface area contributed by atoms with Crippen molar-refractivity contribution in [3.05, 3.63) is 114 Å². The lowest BCUT2D eigenvalue weighted by Crippen LogP contribution is -2.39. The van der Waals surface area contributed by atoms with Gasteiger partial charge in [-0.3, -0.25) is 0 Å². The lowest BCUT2D eigenvalue weighted by molar-refractivity contribution is 0.0516. The number of nitrogens with one attached hydrogen (secondary N) is 6. The van der Waals surface area contributed by atoms with Gasteiger partial charge in [-0.15, -0.1) is 24.8 Å². The number of hydrogen-bond acceptors (Lipinski definition) is 14. The van der Waals surface area contributed by atoms with Crippen LogP contribution < -0.4 is 40.2 Å². The molecule has 0 spiro atoms. The summed E-state index contributed by atoms with van der Waals surface area (Å²) in [4.78, 5) is 28.6. The van der Waals surface area contributed by atoms with Crippen LogP contribution in [0.3, 0.4) is 0 Å². The smallest absolute Gasteiger partial charge is 0.314 e. The molecule has 4 amide bonds. The molecule has 0 aliphatic heterocycles. The SMILES string of the molecule is Cc1cc(S(=O)(=O)NCCOCCOCCNC(=O)NCCCCNC(=O)NCCOCCOCCNS(=O)(=O)c2ccc(O[C@H]3c4cc(Cl)cc(Cl)c4C[C@@H]3N(C)C)c(C)c2)ccc1O[C@H]1c2cc(Cl)cc(Cl)c2C[C@@H]1N(C)C.Cl.Cl. The first-order valence-electron chi connectivity index (χ1n) is 26.3. The number of halogens is 6. The van der Waals surface area contributed by atoms with Gasteiger partial charge in [-0.2, -0.15) is 0 Å². The third kappa shape index (κ3) is 21.1. The minimum absolute atomic E-state index is 0. The van der Waals surface area contributed by atoms with Crippen LogP contribution in [0.2, 0.25) is 20.1 Å². The minimum atomic E-state index is -3.81. The van der Waals surface area contributed by atoms with E-state index in [2.05, 4.69) is 40.5 Å². The molecule has 0 aromatic heterocycles. The first-order valence-corrected chi connectivity index (χ1v) is 30.8. The van der Waals surface area contributed by atoms with Crippen molar-refractivity contribution in [3.8, 4) is 11.5 Å². The molecule has 20 nitrogen and oxygen atoms in total. The van der Waals surface area contributed by atoms with E-state index < -0.39 is 20.0 Å². The van der Waals surface area contributed by atoms with E-state index in [9.17, 15) is 26.4 Å². The van der Waals surface area contributed by atoms with Crippen LogP contribution in [0.5, 0.6) is 11.5 Å².